The van der Waals surface area contributed by atoms with Crippen molar-refractivity contribution in [1.82, 2.24) is 0 Å². The van der Waals surface area contributed by atoms with Gasteiger partial charge in [-0.15, -0.1) is 0 Å². The van der Waals surface area contributed by atoms with Crippen molar-refractivity contribution in [3.8, 4) is 0 Å². The number of hydrogen-bond donors (Lipinski definition) is 1. The molecule has 2 unspecified atom stereocenters. The van der Waals surface area contributed by atoms with Gasteiger partial charge in [-0.3, -0.25) is 0 Å². The molecule has 0 rings (SSSR count). The summed E-state index contributed by atoms with van der Waals surface area (Å²) < 4.78 is 31.7. The van der Waals surface area contributed by atoms with Crippen LogP contribution in [0.2, 0.25) is 0 Å². The molecule has 0 spiro atoms. The largest absolute Gasteiger partial charge is 1.00 e. The number of aliphatic hydroxyl groups is 1. The summed E-state index contributed by atoms with van der Waals surface area (Å²) in [4.78, 5) is 0. The van der Waals surface area contributed by atoms with Crippen molar-refractivity contribution in [1.29, 1.82) is 0 Å². The zero-order valence-corrected chi connectivity index (χ0v) is 13.3. The van der Waals surface area contributed by atoms with Crippen molar-refractivity contribution in [2.75, 3.05) is 0 Å². The van der Waals surface area contributed by atoms with Gasteiger partial charge < -0.3 is 9.66 Å². The van der Waals surface area contributed by atoms with Gasteiger partial charge in [0, 0.05) is 5.25 Å². The minimum atomic E-state index is -4.18. The quantitative estimate of drug-likeness (QED) is 0.332. The van der Waals surface area contributed by atoms with E-state index < -0.39 is 21.5 Å². The Labute approximate surface area is 121 Å². The van der Waals surface area contributed by atoms with Crippen molar-refractivity contribution >= 4 is 10.1 Å². The van der Waals surface area contributed by atoms with E-state index >= 15 is 0 Å². The van der Waals surface area contributed by atoms with Crippen LogP contribution in [0.5, 0.6) is 0 Å². The van der Waals surface area contributed by atoms with Gasteiger partial charge in [0.15, 0.2) is 0 Å². The molecule has 0 heterocycles. The van der Waals surface area contributed by atoms with Crippen LogP contribution in [0, 0.1) is 0 Å². The van der Waals surface area contributed by atoms with Gasteiger partial charge in [0.1, 0.15) is 0 Å². The summed E-state index contributed by atoms with van der Waals surface area (Å²) in [7, 11) is -4.18. The zero-order chi connectivity index (χ0) is 11.9. The Morgan fingerprint density at radius 1 is 1.19 bits per heavy atom. The Hall–Kier alpha value is 0.870. The molecule has 16 heavy (non-hydrogen) atoms. The van der Waals surface area contributed by atoms with Crippen LogP contribution in [0.15, 0.2) is 0 Å². The molecule has 0 aliphatic rings. The summed E-state index contributed by atoms with van der Waals surface area (Å²) in [6, 6.07) is 0. The molecule has 6 heteroatoms. The Kier molecular flexibility index (Phi) is 11.8. The second-order valence-electron chi connectivity index (χ2n) is 4.03. The molecule has 4 nitrogen and oxygen atoms in total. The summed E-state index contributed by atoms with van der Waals surface area (Å²) in [5.41, 5.74) is 0. The maximum absolute atomic E-state index is 10.6. The molecule has 92 valence electrons. The fraction of sp³-hybridized carbons (Fsp3) is 1.00. The van der Waals surface area contributed by atoms with Gasteiger partial charge in [-0.25, -0.2) is 8.42 Å². The van der Waals surface area contributed by atoms with Crippen molar-refractivity contribution in [3.63, 3.8) is 0 Å². The summed E-state index contributed by atoms with van der Waals surface area (Å²) in [5, 5.41) is 8.60. The summed E-state index contributed by atoms with van der Waals surface area (Å²) in [6.07, 6.45) is 3.99. The minimum Gasteiger partial charge on any atom is -0.748 e. The first-order valence-electron chi connectivity index (χ1n) is 5.50. The van der Waals surface area contributed by atoms with Gasteiger partial charge in [0.25, 0.3) is 0 Å². The monoisotopic (exact) mass is 260 g/mol. The molecule has 0 radical (unpaired) electrons. The number of aliphatic hydroxyl groups excluding tert-OH is 1. The standard InChI is InChI=1S/C10H22O4S.Na/c1-3-4-5-6-10(11)8-7-9(2)15(12,13)14;/h9-11H,3-8H2,1-2H3,(H,12,13,14);/q;+1/p-1. The van der Waals surface area contributed by atoms with E-state index in [1.165, 1.54) is 6.92 Å². The van der Waals surface area contributed by atoms with E-state index in [9.17, 15) is 18.1 Å². The smallest absolute Gasteiger partial charge is 0.748 e. The summed E-state index contributed by atoms with van der Waals surface area (Å²) in [5.74, 6) is 0. The van der Waals surface area contributed by atoms with Gasteiger partial charge in [0.05, 0.1) is 16.2 Å². The minimum absolute atomic E-state index is 0. The van der Waals surface area contributed by atoms with Crippen LogP contribution in [0.4, 0.5) is 0 Å². The molecule has 0 aromatic rings. The predicted octanol–water partition coefficient (Wildman–Crippen LogP) is -1.35. The maximum Gasteiger partial charge on any atom is 1.00 e. The third kappa shape index (κ3) is 10.1. The first-order chi connectivity index (χ1) is 6.88. The van der Waals surface area contributed by atoms with E-state index in [0.717, 1.165) is 19.3 Å². The molecule has 0 saturated heterocycles. The molecular formula is C10H21NaO4S. The predicted molar refractivity (Wildman–Crippen MR) is 58.5 cm³/mol. The number of unbranched alkanes of at least 4 members (excludes halogenated alkanes) is 2. The van der Waals surface area contributed by atoms with Crippen LogP contribution < -0.4 is 29.6 Å². The van der Waals surface area contributed by atoms with Crippen LogP contribution in [0.1, 0.15) is 52.4 Å². The fourth-order valence-corrected chi connectivity index (χ4v) is 1.77. The first kappa shape index (κ1) is 19.2. The SMILES string of the molecule is CCCCCC(O)CCC(C)S(=O)(=O)[O-].[Na+]. The van der Waals surface area contributed by atoms with Crippen molar-refractivity contribution in [2.24, 2.45) is 0 Å². The third-order valence-corrected chi connectivity index (χ3v) is 3.76. The summed E-state index contributed by atoms with van der Waals surface area (Å²) in [6.45, 7) is 3.47. The molecule has 0 saturated carbocycles. The van der Waals surface area contributed by atoms with Gasteiger partial charge >= 0.3 is 29.6 Å². The normalized spacial score (nSPS) is 15.2. The maximum atomic E-state index is 10.6. The second-order valence-corrected chi connectivity index (χ2v) is 5.82. The van der Waals surface area contributed by atoms with Gasteiger partial charge in [-0.1, -0.05) is 26.2 Å². The zero-order valence-electron chi connectivity index (χ0n) is 10.5. The molecule has 0 aliphatic carbocycles. The van der Waals surface area contributed by atoms with Crippen molar-refractivity contribution < 1.29 is 47.6 Å². The third-order valence-electron chi connectivity index (χ3n) is 2.54. The van der Waals surface area contributed by atoms with Crippen LogP contribution in [-0.2, 0) is 10.1 Å². The molecule has 2 atom stereocenters. The van der Waals surface area contributed by atoms with E-state index in [1.807, 2.05) is 0 Å². The first-order valence-corrected chi connectivity index (χ1v) is 6.97. The van der Waals surface area contributed by atoms with E-state index in [2.05, 4.69) is 6.92 Å². The topological polar surface area (TPSA) is 77.4 Å². The van der Waals surface area contributed by atoms with E-state index in [-0.39, 0.29) is 36.0 Å². The van der Waals surface area contributed by atoms with Crippen LogP contribution in [0.3, 0.4) is 0 Å². The van der Waals surface area contributed by atoms with Gasteiger partial charge in [-0.05, 0) is 26.2 Å². The van der Waals surface area contributed by atoms with Gasteiger partial charge in [0.2, 0.25) is 0 Å². The Bertz CT molecular complexity index is 254. The molecule has 0 aliphatic heterocycles. The fourth-order valence-electron chi connectivity index (χ4n) is 1.35. The van der Waals surface area contributed by atoms with Crippen LogP contribution in [0.25, 0.3) is 0 Å². The van der Waals surface area contributed by atoms with Crippen molar-refractivity contribution in [3.05, 3.63) is 0 Å². The molecule has 0 aromatic carbocycles. The average molecular weight is 260 g/mol. The molecule has 0 fully saturated rings. The Morgan fingerprint density at radius 3 is 2.19 bits per heavy atom. The number of hydrogen-bond acceptors (Lipinski definition) is 4. The Morgan fingerprint density at radius 2 is 1.75 bits per heavy atom. The average Bonchev–Trinajstić information content (AvgIpc) is 2.13. The molecule has 0 bridgehead atoms. The van der Waals surface area contributed by atoms with Crippen molar-refractivity contribution in [2.45, 2.75) is 63.7 Å². The molecule has 0 amide bonds. The van der Waals surface area contributed by atoms with Crippen LogP contribution >= 0.6 is 0 Å². The van der Waals surface area contributed by atoms with Crippen LogP contribution in [-0.4, -0.2) is 29.4 Å². The molecule has 1 N–H and O–H groups in total. The molecule has 0 aromatic heterocycles. The van der Waals surface area contributed by atoms with E-state index in [4.69, 9.17) is 0 Å². The Balaban J connectivity index is 0. The van der Waals surface area contributed by atoms with Gasteiger partial charge in [-0.2, -0.15) is 0 Å². The second kappa shape index (κ2) is 9.85. The van der Waals surface area contributed by atoms with E-state index in [0.29, 0.717) is 12.8 Å². The summed E-state index contributed by atoms with van der Waals surface area (Å²) >= 11 is 0. The molecular weight excluding hydrogens is 239 g/mol. The number of rotatable bonds is 8. The van der Waals surface area contributed by atoms with E-state index in [1.54, 1.807) is 0 Å².